The number of pyridine rings is 1. The van der Waals surface area contributed by atoms with Gasteiger partial charge in [-0.2, -0.15) is 0 Å². The number of halogens is 1. The Morgan fingerprint density at radius 1 is 1.64 bits per heavy atom. The predicted molar refractivity (Wildman–Crippen MR) is 55.7 cm³/mol. The van der Waals surface area contributed by atoms with E-state index in [2.05, 4.69) is 17.2 Å². The Bertz CT molecular complexity index is 301. The van der Waals surface area contributed by atoms with Crippen molar-refractivity contribution in [2.24, 2.45) is 5.92 Å². The first-order chi connectivity index (χ1) is 6.75. The van der Waals surface area contributed by atoms with Gasteiger partial charge in [0.2, 0.25) is 0 Å². The van der Waals surface area contributed by atoms with E-state index in [9.17, 15) is 0 Å². The molecule has 0 saturated carbocycles. The molecule has 14 heavy (non-hydrogen) atoms. The molecule has 2 atom stereocenters. The van der Waals surface area contributed by atoms with E-state index in [4.69, 9.17) is 16.3 Å². The molecule has 0 aliphatic carbocycles. The van der Waals surface area contributed by atoms with Gasteiger partial charge in [-0.05, 0) is 24.6 Å². The lowest BCUT2D eigenvalue weighted by Crippen LogP contribution is -2.54. The normalized spacial score (nSPS) is 25.6. The van der Waals surface area contributed by atoms with Gasteiger partial charge in [0.15, 0.2) is 0 Å². The predicted octanol–water partition coefficient (Wildman–Crippen LogP) is 1.72. The van der Waals surface area contributed by atoms with Gasteiger partial charge in [0.05, 0.1) is 6.20 Å². The molecule has 1 aromatic rings. The van der Waals surface area contributed by atoms with Crippen LogP contribution >= 0.6 is 11.6 Å². The fourth-order valence-electron chi connectivity index (χ4n) is 1.38. The molecule has 0 bridgehead atoms. The van der Waals surface area contributed by atoms with Crippen LogP contribution in [0, 0.1) is 5.92 Å². The van der Waals surface area contributed by atoms with E-state index < -0.39 is 0 Å². The van der Waals surface area contributed by atoms with E-state index in [1.807, 2.05) is 6.07 Å². The first kappa shape index (κ1) is 9.74. The quantitative estimate of drug-likeness (QED) is 0.775. The van der Waals surface area contributed by atoms with Gasteiger partial charge in [0, 0.05) is 6.04 Å². The van der Waals surface area contributed by atoms with E-state index in [0.29, 0.717) is 23.7 Å². The second-order valence-electron chi connectivity index (χ2n) is 3.62. The largest absolute Gasteiger partial charge is 0.490 e. The monoisotopic (exact) mass is 212 g/mol. The zero-order valence-corrected chi connectivity index (χ0v) is 8.79. The molecule has 0 radical (unpaired) electrons. The van der Waals surface area contributed by atoms with E-state index in [-0.39, 0.29) is 0 Å². The van der Waals surface area contributed by atoms with Crippen molar-refractivity contribution in [2.45, 2.75) is 13.0 Å². The lowest BCUT2D eigenvalue weighted by atomic mass is 9.95. The third kappa shape index (κ3) is 2.16. The molecular weight excluding hydrogens is 200 g/mol. The SMILES string of the molecule is CC1CN[C@H]1COc1ccc(Cl)nc1. The van der Waals surface area contributed by atoms with Gasteiger partial charge in [-0.25, -0.2) is 4.98 Å². The highest BCUT2D eigenvalue weighted by Crippen LogP contribution is 2.16. The van der Waals surface area contributed by atoms with Crippen molar-refractivity contribution in [3.63, 3.8) is 0 Å². The van der Waals surface area contributed by atoms with Gasteiger partial charge in [-0.3, -0.25) is 0 Å². The molecule has 3 nitrogen and oxygen atoms in total. The van der Waals surface area contributed by atoms with Crippen LogP contribution in [0.25, 0.3) is 0 Å². The fourth-order valence-corrected chi connectivity index (χ4v) is 1.49. The van der Waals surface area contributed by atoms with Crippen LogP contribution in [-0.4, -0.2) is 24.2 Å². The van der Waals surface area contributed by atoms with Crippen LogP contribution in [0.1, 0.15) is 6.92 Å². The van der Waals surface area contributed by atoms with E-state index in [1.54, 1.807) is 12.3 Å². The molecule has 1 N–H and O–H groups in total. The standard InChI is InChI=1S/C10H13ClN2O/c1-7-4-12-9(7)6-14-8-2-3-10(11)13-5-8/h2-3,5,7,9,12H,4,6H2,1H3/t7?,9-/m0/s1. The smallest absolute Gasteiger partial charge is 0.137 e. The van der Waals surface area contributed by atoms with Crippen molar-refractivity contribution in [1.29, 1.82) is 0 Å². The summed E-state index contributed by atoms with van der Waals surface area (Å²) < 4.78 is 5.55. The van der Waals surface area contributed by atoms with Crippen LogP contribution in [0.3, 0.4) is 0 Å². The molecule has 1 unspecified atom stereocenters. The summed E-state index contributed by atoms with van der Waals surface area (Å²) in [5.41, 5.74) is 0. The number of hydrogen-bond acceptors (Lipinski definition) is 3. The van der Waals surface area contributed by atoms with Crippen molar-refractivity contribution in [3.05, 3.63) is 23.5 Å². The summed E-state index contributed by atoms with van der Waals surface area (Å²) in [5, 5.41) is 3.80. The Kier molecular flexibility index (Phi) is 2.89. The molecule has 0 aromatic carbocycles. The lowest BCUT2D eigenvalue weighted by molar-refractivity contribution is 0.161. The third-order valence-electron chi connectivity index (χ3n) is 2.52. The summed E-state index contributed by atoms with van der Waals surface area (Å²) >= 11 is 5.66. The molecule has 1 aliphatic heterocycles. The summed E-state index contributed by atoms with van der Waals surface area (Å²) in [4.78, 5) is 3.94. The Hall–Kier alpha value is -0.800. The molecule has 1 aromatic heterocycles. The van der Waals surface area contributed by atoms with E-state index in [1.165, 1.54) is 0 Å². The molecule has 4 heteroatoms. The van der Waals surface area contributed by atoms with Gasteiger partial charge in [0.1, 0.15) is 17.5 Å². The van der Waals surface area contributed by atoms with Crippen molar-refractivity contribution in [3.8, 4) is 5.75 Å². The molecule has 2 rings (SSSR count). The molecular formula is C10H13ClN2O. The Labute approximate surface area is 88.4 Å². The van der Waals surface area contributed by atoms with Gasteiger partial charge in [-0.1, -0.05) is 18.5 Å². The Morgan fingerprint density at radius 2 is 2.50 bits per heavy atom. The highest BCUT2D eigenvalue weighted by molar-refractivity contribution is 6.29. The molecule has 1 fully saturated rings. The van der Waals surface area contributed by atoms with Crippen molar-refractivity contribution in [2.75, 3.05) is 13.2 Å². The number of nitrogens with zero attached hydrogens (tertiary/aromatic N) is 1. The summed E-state index contributed by atoms with van der Waals surface area (Å²) in [6.45, 7) is 4.00. The van der Waals surface area contributed by atoms with Gasteiger partial charge in [0.25, 0.3) is 0 Å². The van der Waals surface area contributed by atoms with Crippen molar-refractivity contribution >= 4 is 11.6 Å². The number of aromatic nitrogens is 1. The molecule has 0 spiro atoms. The fraction of sp³-hybridized carbons (Fsp3) is 0.500. The minimum Gasteiger partial charge on any atom is -0.490 e. The zero-order chi connectivity index (χ0) is 9.97. The van der Waals surface area contributed by atoms with E-state index in [0.717, 1.165) is 12.3 Å². The van der Waals surface area contributed by atoms with Gasteiger partial charge >= 0.3 is 0 Å². The van der Waals surface area contributed by atoms with Crippen LogP contribution in [-0.2, 0) is 0 Å². The molecule has 1 saturated heterocycles. The minimum absolute atomic E-state index is 0.477. The van der Waals surface area contributed by atoms with Gasteiger partial charge < -0.3 is 10.1 Å². The molecule has 0 amide bonds. The minimum atomic E-state index is 0.477. The second kappa shape index (κ2) is 4.15. The van der Waals surface area contributed by atoms with Crippen LogP contribution in [0.4, 0.5) is 0 Å². The molecule has 1 aliphatic rings. The Morgan fingerprint density at radius 3 is 3.00 bits per heavy atom. The topological polar surface area (TPSA) is 34.1 Å². The van der Waals surface area contributed by atoms with Crippen molar-refractivity contribution in [1.82, 2.24) is 10.3 Å². The maximum absolute atomic E-state index is 5.66. The van der Waals surface area contributed by atoms with Crippen LogP contribution < -0.4 is 10.1 Å². The summed E-state index contributed by atoms with van der Waals surface area (Å²) in [7, 11) is 0. The summed E-state index contributed by atoms with van der Waals surface area (Å²) in [6.07, 6.45) is 1.64. The van der Waals surface area contributed by atoms with Crippen LogP contribution in [0.2, 0.25) is 5.15 Å². The van der Waals surface area contributed by atoms with Crippen LogP contribution in [0.15, 0.2) is 18.3 Å². The van der Waals surface area contributed by atoms with Gasteiger partial charge in [-0.15, -0.1) is 0 Å². The maximum atomic E-state index is 5.66. The Balaban J connectivity index is 1.83. The summed E-state index contributed by atoms with van der Waals surface area (Å²) in [5.74, 6) is 1.48. The average molecular weight is 213 g/mol. The number of hydrogen-bond donors (Lipinski definition) is 1. The first-order valence-corrected chi connectivity index (χ1v) is 5.11. The van der Waals surface area contributed by atoms with Crippen molar-refractivity contribution < 1.29 is 4.74 Å². The van der Waals surface area contributed by atoms with E-state index >= 15 is 0 Å². The average Bonchev–Trinajstić information content (AvgIpc) is 2.19. The first-order valence-electron chi connectivity index (χ1n) is 4.73. The number of rotatable bonds is 3. The highest BCUT2D eigenvalue weighted by Gasteiger charge is 2.26. The zero-order valence-electron chi connectivity index (χ0n) is 8.03. The number of nitrogens with one attached hydrogen (secondary N) is 1. The number of ether oxygens (including phenoxy) is 1. The third-order valence-corrected chi connectivity index (χ3v) is 2.74. The lowest BCUT2D eigenvalue weighted by Gasteiger charge is -2.35. The second-order valence-corrected chi connectivity index (χ2v) is 4.01. The summed E-state index contributed by atoms with van der Waals surface area (Å²) in [6, 6.07) is 4.04. The highest BCUT2D eigenvalue weighted by atomic mass is 35.5. The maximum Gasteiger partial charge on any atom is 0.137 e. The van der Waals surface area contributed by atoms with Crippen LogP contribution in [0.5, 0.6) is 5.75 Å². The molecule has 76 valence electrons. The molecule has 2 heterocycles.